The molecule has 0 saturated heterocycles. The number of hydrogen-bond acceptors (Lipinski definition) is 9. The van der Waals surface area contributed by atoms with Crippen molar-refractivity contribution in [3.63, 3.8) is 0 Å². The minimum atomic E-state index is -0.534. The van der Waals surface area contributed by atoms with Crippen LogP contribution in [0.4, 0.5) is 4.39 Å². The fraction of sp³-hybridized carbons (Fsp3) is 0.0833. The summed E-state index contributed by atoms with van der Waals surface area (Å²) >= 11 is 6.33. The molecule has 2 heterocycles. The van der Waals surface area contributed by atoms with Gasteiger partial charge in [0.25, 0.3) is 11.8 Å². The molecule has 0 aliphatic heterocycles. The Hall–Kier alpha value is -4.64. The van der Waals surface area contributed by atoms with Crippen molar-refractivity contribution in [2.24, 2.45) is 12.2 Å². The summed E-state index contributed by atoms with van der Waals surface area (Å²) in [6.45, 7) is -0.126. The molecule has 0 saturated carbocycles. The lowest BCUT2D eigenvalue weighted by Gasteiger charge is -2.11. The van der Waals surface area contributed by atoms with E-state index in [9.17, 15) is 4.39 Å². The smallest absolute Gasteiger partial charge is 0.257 e. The van der Waals surface area contributed by atoms with Gasteiger partial charge in [-0.3, -0.25) is 0 Å². The third kappa shape index (κ3) is 4.91. The van der Waals surface area contributed by atoms with Crippen molar-refractivity contribution in [3.8, 4) is 23.0 Å². The van der Waals surface area contributed by atoms with Gasteiger partial charge < -0.3 is 14.0 Å². The van der Waals surface area contributed by atoms with E-state index in [0.29, 0.717) is 17.1 Å². The van der Waals surface area contributed by atoms with Gasteiger partial charge in [0, 0.05) is 12.6 Å². The summed E-state index contributed by atoms with van der Waals surface area (Å²) in [6, 6.07) is 20.3. The van der Waals surface area contributed by atoms with Crippen LogP contribution in [0, 0.1) is 5.82 Å². The molecule has 36 heavy (non-hydrogen) atoms. The van der Waals surface area contributed by atoms with E-state index < -0.39 is 5.82 Å². The highest BCUT2D eigenvalue weighted by Gasteiger charge is 2.19. The summed E-state index contributed by atoms with van der Waals surface area (Å²) < 4.78 is 27.1. The van der Waals surface area contributed by atoms with E-state index in [1.165, 1.54) is 16.8 Å². The molecule has 5 aromatic rings. The van der Waals surface area contributed by atoms with Crippen LogP contribution in [-0.4, -0.2) is 36.1 Å². The zero-order chi connectivity index (χ0) is 24.9. The van der Waals surface area contributed by atoms with E-state index in [1.54, 1.807) is 37.4 Å². The second-order valence-corrected chi connectivity index (χ2v) is 7.76. The molecule has 0 N–H and O–H groups in total. The maximum atomic E-state index is 14.1. The highest BCUT2D eigenvalue weighted by atomic mass is 35.5. The van der Waals surface area contributed by atoms with Crippen LogP contribution in [0.5, 0.6) is 11.5 Å². The summed E-state index contributed by atoms with van der Waals surface area (Å²) in [6.07, 6.45) is 0. The van der Waals surface area contributed by atoms with E-state index in [2.05, 4.69) is 30.9 Å². The van der Waals surface area contributed by atoms with Gasteiger partial charge in [-0.15, -0.1) is 15.3 Å². The quantitative estimate of drug-likeness (QED) is 0.218. The molecule has 0 aliphatic rings. The minimum Gasteiger partial charge on any atom is -0.452 e. The largest absolute Gasteiger partial charge is 0.452 e. The lowest BCUT2D eigenvalue weighted by Crippen LogP contribution is -2.12. The van der Waals surface area contributed by atoms with Gasteiger partial charge in [0.1, 0.15) is 0 Å². The fourth-order valence-electron chi connectivity index (χ4n) is 3.24. The van der Waals surface area contributed by atoms with Gasteiger partial charge in [-0.2, -0.15) is 0 Å². The number of benzene rings is 3. The van der Waals surface area contributed by atoms with Crippen molar-refractivity contribution >= 4 is 17.3 Å². The predicted molar refractivity (Wildman–Crippen MR) is 127 cm³/mol. The Morgan fingerprint density at radius 3 is 2.58 bits per heavy atom. The topological polar surface area (TPSA) is 113 Å². The number of aryl methyl sites for hydroxylation is 1. The monoisotopic (exact) mass is 505 g/mol. The summed E-state index contributed by atoms with van der Waals surface area (Å²) in [7, 11) is 1.70. The summed E-state index contributed by atoms with van der Waals surface area (Å²) in [5, 5.41) is 24.0. The minimum absolute atomic E-state index is 0.0102. The molecule has 2 aromatic heterocycles. The van der Waals surface area contributed by atoms with Crippen LogP contribution in [-0.2, 0) is 18.5 Å². The van der Waals surface area contributed by atoms with Crippen LogP contribution in [0.1, 0.15) is 17.3 Å². The van der Waals surface area contributed by atoms with Crippen molar-refractivity contribution in [2.45, 2.75) is 6.61 Å². The van der Waals surface area contributed by atoms with Gasteiger partial charge in [0.15, 0.2) is 29.6 Å². The molecule has 0 bridgehead atoms. The average molecular weight is 506 g/mol. The van der Waals surface area contributed by atoms with Gasteiger partial charge in [0.2, 0.25) is 5.82 Å². The Labute approximate surface area is 208 Å². The Kier molecular flexibility index (Phi) is 6.63. The Bertz CT molecular complexity index is 1520. The van der Waals surface area contributed by atoms with Crippen molar-refractivity contribution in [1.82, 2.24) is 30.4 Å². The third-order valence-corrected chi connectivity index (χ3v) is 5.23. The molecule has 0 amide bonds. The zero-order valence-electron chi connectivity index (χ0n) is 18.7. The number of hydrogen-bond donors (Lipinski definition) is 0. The molecule has 0 radical (unpaired) electrons. The van der Waals surface area contributed by atoms with Gasteiger partial charge in [-0.05, 0) is 34.7 Å². The fourth-order valence-corrected chi connectivity index (χ4v) is 3.45. The lowest BCUT2D eigenvalue weighted by atomic mass is 10.1. The van der Waals surface area contributed by atoms with E-state index in [1.807, 2.05) is 30.3 Å². The van der Waals surface area contributed by atoms with Crippen LogP contribution >= 0.6 is 11.6 Å². The summed E-state index contributed by atoms with van der Waals surface area (Å²) in [4.78, 5) is 5.51. The van der Waals surface area contributed by atoms with Crippen LogP contribution in [0.25, 0.3) is 11.5 Å². The number of nitrogens with zero attached hydrogens (tertiary/aromatic N) is 7. The number of aromatic nitrogens is 6. The first-order valence-electron chi connectivity index (χ1n) is 10.6. The van der Waals surface area contributed by atoms with Crippen LogP contribution in [0.15, 0.2) is 82.4 Å². The maximum absolute atomic E-state index is 14.1. The van der Waals surface area contributed by atoms with Crippen molar-refractivity contribution in [2.75, 3.05) is 0 Å². The Morgan fingerprint density at radius 1 is 1.00 bits per heavy atom. The summed E-state index contributed by atoms with van der Waals surface area (Å²) in [5.74, 6) is 0.339. The molecule has 180 valence electrons. The predicted octanol–water partition coefficient (Wildman–Crippen LogP) is 4.81. The second-order valence-electron chi connectivity index (χ2n) is 7.36. The number of tetrazole rings is 1. The first-order chi connectivity index (χ1) is 17.6. The molecule has 10 nitrogen and oxygen atoms in total. The Morgan fingerprint density at radius 2 is 1.81 bits per heavy atom. The number of halogens is 2. The lowest BCUT2D eigenvalue weighted by molar-refractivity contribution is 0.111. The summed E-state index contributed by atoms with van der Waals surface area (Å²) in [5.41, 5.74) is 1.58. The van der Waals surface area contributed by atoms with Gasteiger partial charge in [0.05, 0.1) is 10.6 Å². The second kappa shape index (κ2) is 10.3. The van der Waals surface area contributed by atoms with Crippen LogP contribution < -0.4 is 4.74 Å². The van der Waals surface area contributed by atoms with Gasteiger partial charge in [-0.25, -0.2) is 9.07 Å². The Balaban J connectivity index is 1.38. The normalized spacial score (nSPS) is 11.5. The molecule has 0 atom stereocenters. The van der Waals surface area contributed by atoms with Gasteiger partial charge in [-0.1, -0.05) is 65.3 Å². The number of rotatable bonds is 8. The standard InChI is InChI=1S/C24H17ClFN7O3/c1-33-23(28-31-32-33)21(15-8-3-2-4-9-15)30-34-14-20-27-29-24(36-20)16-10-7-11-17(25)22(16)35-19-13-6-5-12-18(19)26/h2-13H,14H2,1H3/b30-21-. The first kappa shape index (κ1) is 23.1. The zero-order valence-corrected chi connectivity index (χ0v) is 19.5. The van der Waals surface area contributed by atoms with Crippen LogP contribution in [0.3, 0.4) is 0 Å². The maximum Gasteiger partial charge on any atom is 0.257 e. The highest BCUT2D eigenvalue weighted by molar-refractivity contribution is 6.32. The molecule has 0 spiro atoms. The number of ether oxygens (including phenoxy) is 1. The first-order valence-corrected chi connectivity index (χ1v) is 11.0. The van der Waals surface area contributed by atoms with Gasteiger partial charge >= 0.3 is 0 Å². The van der Waals surface area contributed by atoms with Crippen molar-refractivity contribution in [1.29, 1.82) is 0 Å². The third-order valence-electron chi connectivity index (χ3n) is 4.94. The molecule has 5 rings (SSSR count). The molecule has 12 heteroatoms. The number of oxime groups is 1. The van der Waals surface area contributed by atoms with Crippen LogP contribution in [0.2, 0.25) is 5.02 Å². The molecule has 3 aromatic carbocycles. The van der Waals surface area contributed by atoms with E-state index in [-0.39, 0.29) is 34.9 Å². The van der Waals surface area contributed by atoms with E-state index >= 15 is 0 Å². The van der Waals surface area contributed by atoms with E-state index in [0.717, 1.165) is 5.56 Å². The SMILES string of the molecule is Cn1nnnc1/C(=N\OCc1nnc(-c2cccc(Cl)c2Oc2ccccc2F)o1)c1ccccc1. The van der Waals surface area contributed by atoms with Crippen molar-refractivity contribution < 1.29 is 18.4 Å². The van der Waals surface area contributed by atoms with Crippen molar-refractivity contribution in [3.05, 3.63) is 101 Å². The molecule has 0 fully saturated rings. The average Bonchev–Trinajstić information content (AvgIpc) is 3.54. The molecule has 0 aliphatic carbocycles. The molecular formula is C24H17ClFN7O3. The molecular weight excluding hydrogens is 489 g/mol. The highest BCUT2D eigenvalue weighted by Crippen LogP contribution is 2.39. The molecule has 0 unspecified atom stereocenters. The van der Waals surface area contributed by atoms with E-state index in [4.69, 9.17) is 25.6 Å². The number of para-hydroxylation sites is 2.